The van der Waals surface area contributed by atoms with Crippen LogP contribution in [0.1, 0.15) is 18.2 Å². The third-order valence-electron chi connectivity index (χ3n) is 3.63. The molecule has 1 aromatic heterocycles. The summed E-state index contributed by atoms with van der Waals surface area (Å²) in [5.74, 6) is 0.604. The lowest BCUT2D eigenvalue weighted by atomic mass is 10.2. The van der Waals surface area contributed by atoms with Crippen LogP contribution in [0.4, 0.5) is 0 Å². The van der Waals surface area contributed by atoms with E-state index in [0.29, 0.717) is 23.4 Å². The molecule has 0 aliphatic rings. The molecule has 0 fully saturated rings. The molecule has 2 aromatic carbocycles. The number of hydrogen-bond donors (Lipinski definition) is 0. The molecule has 0 radical (unpaired) electrons. The zero-order valence-corrected chi connectivity index (χ0v) is 14.4. The van der Waals surface area contributed by atoms with E-state index in [1.165, 1.54) is 0 Å². The molecule has 0 amide bonds. The maximum atomic E-state index is 12.6. The van der Waals surface area contributed by atoms with Crippen LogP contribution in [-0.2, 0) is 15.6 Å². The van der Waals surface area contributed by atoms with Crippen LogP contribution in [0.25, 0.3) is 10.9 Å². The second-order valence-corrected chi connectivity index (χ2v) is 7.33. The standard InChI is InChI=1S/C18H18N2O3S/c1-3-23-15-9-10-17-16(11-15)13(2)19-18(20-17)24(21,22)12-14-7-5-4-6-8-14/h4-11H,3,12H2,1-2H3. The first-order chi connectivity index (χ1) is 11.5. The van der Waals surface area contributed by atoms with Crippen molar-refractivity contribution in [2.45, 2.75) is 24.8 Å². The van der Waals surface area contributed by atoms with Crippen molar-refractivity contribution in [3.63, 3.8) is 0 Å². The monoisotopic (exact) mass is 342 g/mol. The average molecular weight is 342 g/mol. The van der Waals surface area contributed by atoms with E-state index in [0.717, 1.165) is 11.1 Å². The van der Waals surface area contributed by atoms with Gasteiger partial charge >= 0.3 is 0 Å². The van der Waals surface area contributed by atoms with Gasteiger partial charge in [0.1, 0.15) is 5.75 Å². The maximum absolute atomic E-state index is 12.6. The van der Waals surface area contributed by atoms with Crippen molar-refractivity contribution in [2.75, 3.05) is 6.61 Å². The molecule has 0 atom stereocenters. The summed E-state index contributed by atoms with van der Waals surface area (Å²) in [5.41, 5.74) is 1.93. The number of nitrogens with zero attached hydrogens (tertiary/aromatic N) is 2. The molecule has 3 aromatic rings. The number of sulfone groups is 1. The zero-order valence-electron chi connectivity index (χ0n) is 13.6. The van der Waals surface area contributed by atoms with Crippen molar-refractivity contribution in [3.8, 4) is 5.75 Å². The Labute approximate surface area is 141 Å². The van der Waals surface area contributed by atoms with Gasteiger partial charge in [-0.2, -0.15) is 0 Å². The van der Waals surface area contributed by atoms with Gasteiger partial charge in [-0.25, -0.2) is 18.4 Å². The quantitative estimate of drug-likeness (QED) is 0.665. The van der Waals surface area contributed by atoms with Crippen LogP contribution in [0, 0.1) is 6.92 Å². The minimum atomic E-state index is -3.60. The fraction of sp³-hybridized carbons (Fsp3) is 0.222. The number of aryl methyl sites for hydroxylation is 1. The van der Waals surface area contributed by atoms with Crippen LogP contribution in [0.3, 0.4) is 0 Å². The molecule has 0 aliphatic carbocycles. The van der Waals surface area contributed by atoms with Crippen LogP contribution < -0.4 is 4.74 Å². The van der Waals surface area contributed by atoms with E-state index >= 15 is 0 Å². The van der Waals surface area contributed by atoms with Gasteiger partial charge in [0, 0.05) is 5.39 Å². The summed E-state index contributed by atoms with van der Waals surface area (Å²) in [5, 5.41) is 0.653. The summed E-state index contributed by atoms with van der Waals surface area (Å²) in [7, 11) is -3.60. The number of rotatable bonds is 5. The Morgan fingerprint density at radius 3 is 2.50 bits per heavy atom. The summed E-state index contributed by atoms with van der Waals surface area (Å²) in [6.07, 6.45) is 0. The number of fused-ring (bicyclic) bond motifs is 1. The second-order valence-electron chi connectivity index (χ2n) is 5.45. The molecule has 0 aliphatic heterocycles. The summed E-state index contributed by atoms with van der Waals surface area (Å²) >= 11 is 0. The van der Waals surface area contributed by atoms with E-state index in [4.69, 9.17) is 4.74 Å². The Bertz CT molecular complexity index is 970. The van der Waals surface area contributed by atoms with Gasteiger partial charge in [0.25, 0.3) is 0 Å². The molecular formula is C18H18N2O3S. The van der Waals surface area contributed by atoms with E-state index in [1.54, 1.807) is 31.2 Å². The Morgan fingerprint density at radius 2 is 1.79 bits per heavy atom. The van der Waals surface area contributed by atoms with Gasteiger partial charge in [-0.1, -0.05) is 30.3 Å². The number of aromatic nitrogens is 2. The lowest BCUT2D eigenvalue weighted by molar-refractivity contribution is 0.340. The molecule has 1 heterocycles. The van der Waals surface area contributed by atoms with E-state index in [9.17, 15) is 8.42 Å². The summed E-state index contributed by atoms with van der Waals surface area (Å²) in [6, 6.07) is 14.4. The first-order valence-corrected chi connectivity index (χ1v) is 9.33. The Hall–Kier alpha value is -2.47. The minimum absolute atomic E-state index is 0.115. The number of ether oxygens (including phenoxy) is 1. The number of benzene rings is 2. The largest absolute Gasteiger partial charge is 0.494 e. The fourth-order valence-electron chi connectivity index (χ4n) is 2.49. The smallest absolute Gasteiger partial charge is 0.248 e. The van der Waals surface area contributed by atoms with Crippen molar-refractivity contribution in [2.24, 2.45) is 0 Å². The highest BCUT2D eigenvalue weighted by atomic mass is 32.2. The van der Waals surface area contributed by atoms with Crippen LogP contribution in [-0.4, -0.2) is 25.0 Å². The third-order valence-corrected chi connectivity index (χ3v) is 5.08. The lowest BCUT2D eigenvalue weighted by Gasteiger charge is -2.09. The van der Waals surface area contributed by atoms with Gasteiger partial charge < -0.3 is 4.74 Å². The highest BCUT2D eigenvalue weighted by molar-refractivity contribution is 7.90. The number of hydrogen-bond acceptors (Lipinski definition) is 5. The van der Waals surface area contributed by atoms with Gasteiger partial charge in [-0.3, -0.25) is 0 Å². The molecule has 0 saturated heterocycles. The lowest BCUT2D eigenvalue weighted by Crippen LogP contribution is -2.10. The Balaban J connectivity index is 2.02. The van der Waals surface area contributed by atoms with Crippen molar-refractivity contribution in [3.05, 3.63) is 59.8 Å². The Kier molecular flexibility index (Phi) is 4.49. The van der Waals surface area contributed by atoms with Crippen molar-refractivity contribution in [1.29, 1.82) is 0 Å². The second kappa shape index (κ2) is 6.57. The predicted molar refractivity (Wildman–Crippen MR) is 92.8 cm³/mol. The van der Waals surface area contributed by atoms with Gasteiger partial charge in [0.05, 0.1) is 23.6 Å². The molecule has 24 heavy (non-hydrogen) atoms. The molecule has 0 unspecified atom stereocenters. The molecule has 0 saturated carbocycles. The van der Waals surface area contributed by atoms with E-state index in [-0.39, 0.29) is 10.9 Å². The molecule has 124 valence electrons. The summed E-state index contributed by atoms with van der Waals surface area (Å²) in [6.45, 7) is 4.25. The maximum Gasteiger partial charge on any atom is 0.248 e. The van der Waals surface area contributed by atoms with Gasteiger partial charge in [-0.15, -0.1) is 0 Å². The highest BCUT2D eigenvalue weighted by Crippen LogP contribution is 2.24. The summed E-state index contributed by atoms with van der Waals surface area (Å²) < 4.78 is 30.7. The first kappa shape index (κ1) is 16.4. The SMILES string of the molecule is CCOc1ccc2nc(S(=O)(=O)Cc3ccccc3)nc(C)c2c1. The van der Waals surface area contributed by atoms with Gasteiger partial charge in [-0.05, 0) is 37.6 Å². The minimum Gasteiger partial charge on any atom is -0.494 e. The van der Waals surface area contributed by atoms with E-state index < -0.39 is 9.84 Å². The highest BCUT2D eigenvalue weighted by Gasteiger charge is 2.20. The average Bonchev–Trinajstić information content (AvgIpc) is 2.56. The first-order valence-electron chi connectivity index (χ1n) is 7.67. The van der Waals surface area contributed by atoms with E-state index in [1.807, 2.05) is 31.2 Å². The molecule has 0 spiro atoms. The topological polar surface area (TPSA) is 69.2 Å². The van der Waals surface area contributed by atoms with Crippen LogP contribution in [0.15, 0.2) is 53.7 Å². The molecule has 6 heteroatoms. The van der Waals surface area contributed by atoms with Crippen molar-refractivity contribution in [1.82, 2.24) is 9.97 Å². The molecule has 5 nitrogen and oxygen atoms in total. The third kappa shape index (κ3) is 3.38. The van der Waals surface area contributed by atoms with Gasteiger partial charge in [0.2, 0.25) is 15.0 Å². The van der Waals surface area contributed by atoms with Crippen molar-refractivity contribution < 1.29 is 13.2 Å². The molecule has 0 N–H and O–H groups in total. The van der Waals surface area contributed by atoms with Crippen LogP contribution in [0.2, 0.25) is 0 Å². The Morgan fingerprint density at radius 1 is 1.04 bits per heavy atom. The zero-order chi connectivity index (χ0) is 17.2. The van der Waals surface area contributed by atoms with E-state index in [2.05, 4.69) is 9.97 Å². The van der Waals surface area contributed by atoms with Crippen LogP contribution >= 0.6 is 0 Å². The molecular weight excluding hydrogens is 324 g/mol. The molecule has 0 bridgehead atoms. The molecule has 3 rings (SSSR count). The predicted octanol–water partition coefficient (Wildman–Crippen LogP) is 3.31. The normalized spacial score (nSPS) is 11.6. The summed E-state index contributed by atoms with van der Waals surface area (Å²) in [4.78, 5) is 8.47. The van der Waals surface area contributed by atoms with Crippen LogP contribution in [0.5, 0.6) is 5.75 Å². The van der Waals surface area contributed by atoms with Gasteiger partial charge in [0.15, 0.2) is 0 Å². The van der Waals surface area contributed by atoms with Crippen molar-refractivity contribution >= 4 is 20.7 Å². The fourth-order valence-corrected chi connectivity index (χ4v) is 3.76.